The standard InChI is InChI=1S/C29H30F5N5O2/c1-27(30,31)23-10-24(23)35-13-16-7-20-21(22(8-16)29(32,33)34)14-39(25(20)40)18-6-4-5-17(9-18)28(11-19(12-28)41-3)26-37-36-15-38(26)2/h4-9,15,19,23-24,35H,10-14H2,1-3H3/t19?,23-,24-,28?/m1/s1. The highest BCUT2D eigenvalue weighted by Crippen LogP contribution is 2.50. The second-order valence-electron chi connectivity index (χ2n) is 11.5. The summed E-state index contributed by atoms with van der Waals surface area (Å²) in [6, 6.07) is 9.24. The molecule has 1 aliphatic heterocycles. The van der Waals surface area contributed by atoms with E-state index in [4.69, 9.17) is 4.74 Å². The van der Waals surface area contributed by atoms with Crippen LogP contribution < -0.4 is 10.2 Å². The summed E-state index contributed by atoms with van der Waals surface area (Å²) in [6.07, 6.45) is -1.51. The molecule has 1 aromatic heterocycles. The molecule has 0 spiro atoms. The van der Waals surface area contributed by atoms with E-state index in [9.17, 15) is 26.7 Å². The Morgan fingerprint density at radius 1 is 1.15 bits per heavy atom. The summed E-state index contributed by atoms with van der Waals surface area (Å²) in [5.41, 5.74) is 0.0637. The zero-order valence-electron chi connectivity index (χ0n) is 22.8. The number of carbonyl (C=O) groups excluding carboxylic acids is 1. The van der Waals surface area contributed by atoms with Crippen LogP contribution in [-0.2, 0) is 36.5 Å². The molecule has 41 heavy (non-hydrogen) atoms. The molecule has 3 aromatic rings. The Balaban J connectivity index is 1.30. The van der Waals surface area contributed by atoms with Gasteiger partial charge in [0, 0.05) is 43.9 Å². The number of fused-ring (bicyclic) bond motifs is 1. The number of nitrogens with one attached hydrogen (secondary N) is 1. The maximum atomic E-state index is 14.2. The smallest absolute Gasteiger partial charge is 0.381 e. The van der Waals surface area contributed by atoms with Crippen LogP contribution in [0.4, 0.5) is 27.6 Å². The third-order valence-electron chi connectivity index (χ3n) is 8.75. The van der Waals surface area contributed by atoms with Gasteiger partial charge in [-0.3, -0.25) is 4.79 Å². The molecule has 3 aliphatic rings. The SMILES string of the molecule is COC1CC(c2cccc(N3Cc4c(cc(CN[C@@H]5C[C@H]5C(C)(F)F)cc4C(F)(F)F)C3=O)c2)(c2nncn2C)C1. The van der Waals surface area contributed by atoms with Crippen LogP contribution in [0.1, 0.15) is 64.6 Å². The first kappa shape index (κ1) is 27.8. The second-order valence-corrected chi connectivity index (χ2v) is 11.5. The van der Waals surface area contributed by atoms with E-state index in [-0.39, 0.29) is 42.3 Å². The fourth-order valence-corrected chi connectivity index (χ4v) is 6.38. The van der Waals surface area contributed by atoms with Gasteiger partial charge in [0.25, 0.3) is 5.91 Å². The lowest BCUT2D eigenvalue weighted by atomic mass is 9.62. The molecule has 2 aromatic carbocycles. The molecule has 12 heteroatoms. The molecule has 1 N–H and O–H groups in total. The number of methoxy groups -OCH3 is 1. The number of anilines is 1. The molecule has 0 radical (unpaired) electrons. The van der Waals surface area contributed by atoms with Crippen molar-refractivity contribution in [2.45, 2.75) is 68.9 Å². The minimum atomic E-state index is -4.69. The number of ether oxygens (including phenoxy) is 1. The van der Waals surface area contributed by atoms with Crippen molar-refractivity contribution < 1.29 is 31.5 Å². The van der Waals surface area contributed by atoms with E-state index in [1.54, 1.807) is 25.6 Å². The molecule has 0 bridgehead atoms. The van der Waals surface area contributed by atoms with Gasteiger partial charge >= 0.3 is 6.18 Å². The number of amides is 1. The van der Waals surface area contributed by atoms with Gasteiger partial charge in [-0.1, -0.05) is 12.1 Å². The highest BCUT2D eigenvalue weighted by molar-refractivity contribution is 6.10. The zero-order valence-corrected chi connectivity index (χ0v) is 22.8. The molecule has 0 unspecified atom stereocenters. The van der Waals surface area contributed by atoms with E-state index in [0.29, 0.717) is 18.5 Å². The molecular weight excluding hydrogens is 545 g/mol. The summed E-state index contributed by atoms with van der Waals surface area (Å²) in [5.74, 6) is -3.49. The Morgan fingerprint density at radius 3 is 2.51 bits per heavy atom. The lowest BCUT2D eigenvalue weighted by Gasteiger charge is -2.46. The molecule has 7 nitrogen and oxygen atoms in total. The monoisotopic (exact) mass is 575 g/mol. The van der Waals surface area contributed by atoms with Gasteiger partial charge in [-0.25, -0.2) is 8.78 Å². The Labute approximate surface area is 233 Å². The van der Waals surface area contributed by atoms with Gasteiger partial charge in [0.2, 0.25) is 5.92 Å². The van der Waals surface area contributed by atoms with Crippen molar-refractivity contribution in [3.63, 3.8) is 0 Å². The number of hydrogen-bond donors (Lipinski definition) is 1. The summed E-state index contributed by atoms with van der Waals surface area (Å²) in [5, 5.41) is 11.3. The normalized spacial score (nSPS) is 25.8. The van der Waals surface area contributed by atoms with Gasteiger partial charge in [-0.05, 0) is 67.1 Å². The molecule has 6 rings (SSSR count). The maximum Gasteiger partial charge on any atom is 0.416 e. The Hall–Kier alpha value is -3.38. The van der Waals surface area contributed by atoms with Crippen molar-refractivity contribution in [2.24, 2.45) is 13.0 Å². The predicted molar refractivity (Wildman–Crippen MR) is 140 cm³/mol. The number of aromatic nitrogens is 3. The van der Waals surface area contributed by atoms with Crippen molar-refractivity contribution in [1.29, 1.82) is 0 Å². The third-order valence-corrected chi connectivity index (χ3v) is 8.75. The van der Waals surface area contributed by atoms with Gasteiger partial charge in [0.05, 0.1) is 23.6 Å². The Kier molecular flexibility index (Phi) is 6.49. The quantitative estimate of drug-likeness (QED) is 0.373. The predicted octanol–water partition coefficient (Wildman–Crippen LogP) is 5.22. The highest BCUT2D eigenvalue weighted by Gasteiger charge is 2.52. The Morgan fingerprint density at radius 2 is 1.90 bits per heavy atom. The molecule has 218 valence electrons. The molecule has 2 heterocycles. The third kappa shape index (κ3) is 4.80. The molecule has 0 saturated heterocycles. The first-order valence-corrected chi connectivity index (χ1v) is 13.5. The van der Waals surface area contributed by atoms with Crippen LogP contribution in [-0.4, -0.2) is 45.8 Å². The van der Waals surface area contributed by atoms with Crippen molar-refractivity contribution >= 4 is 11.6 Å². The maximum absolute atomic E-state index is 14.2. The summed E-state index contributed by atoms with van der Waals surface area (Å²) in [6.45, 7) is 0.566. The Bertz CT molecular complexity index is 1490. The largest absolute Gasteiger partial charge is 0.416 e. The van der Waals surface area contributed by atoms with Crippen molar-refractivity contribution in [2.75, 3.05) is 12.0 Å². The first-order valence-electron chi connectivity index (χ1n) is 13.5. The first-order chi connectivity index (χ1) is 19.3. The minimum Gasteiger partial charge on any atom is -0.381 e. The minimum absolute atomic E-state index is 0.0175. The summed E-state index contributed by atoms with van der Waals surface area (Å²) >= 11 is 0. The van der Waals surface area contributed by atoms with Crippen LogP contribution in [0.25, 0.3) is 0 Å². The molecule has 2 fully saturated rings. The number of benzene rings is 2. The zero-order chi connectivity index (χ0) is 29.3. The molecule has 2 saturated carbocycles. The number of alkyl halides is 5. The molecule has 1 amide bonds. The highest BCUT2D eigenvalue weighted by atomic mass is 19.4. The van der Waals surface area contributed by atoms with E-state index in [0.717, 1.165) is 24.4 Å². The average Bonchev–Trinajstić information content (AvgIpc) is 3.47. The fourth-order valence-electron chi connectivity index (χ4n) is 6.38. The van der Waals surface area contributed by atoms with Gasteiger partial charge in [-0.15, -0.1) is 10.2 Å². The van der Waals surface area contributed by atoms with Gasteiger partial charge in [0.15, 0.2) is 0 Å². The summed E-state index contributed by atoms with van der Waals surface area (Å²) in [7, 11) is 3.50. The number of halogens is 5. The van der Waals surface area contributed by atoms with Crippen LogP contribution >= 0.6 is 0 Å². The topological polar surface area (TPSA) is 72.3 Å². The van der Waals surface area contributed by atoms with E-state index >= 15 is 0 Å². The van der Waals surface area contributed by atoms with Gasteiger partial charge < -0.3 is 19.5 Å². The van der Waals surface area contributed by atoms with Crippen LogP contribution in [0, 0.1) is 5.92 Å². The number of carbonyl (C=O) groups is 1. The number of rotatable bonds is 8. The fraction of sp³-hybridized carbons (Fsp3) is 0.483. The molecule has 2 atom stereocenters. The lowest BCUT2D eigenvalue weighted by molar-refractivity contribution is -0.138. The van der Waals surface area contributed by atoms with Crippen LogP contribution in [0.2, 0.25) is 0 Å². The lowest BCUT2D eigenvalue weighted by Crippen LogP contribution is -2.48. The molecular formula is C29H30F5N5O2. The number of hydrogen-bond acceptors (Lipinski definition) is 5. The van der Waals surface area contributed by atoms with Gasteiger partial charge in [-0.2, -0.15) is 13.2 Å². The van der Waals surface area contributed by atoms with E-state index in [2.05, 4.69) is 15.5 Å². The van der Waals surface area contributed by atoms with Crippen molar-refractivity contribution in [3.8, 4) is 0 Å². The van der Waals surface area contributed by atoms with Gasteiger partial charge in [0.1, 0.15) is 12.2 Å². The molecule has 2 aliphatic carbocycles. The van der Waals surface area contributed by atoms with E-state index in [1.807, 2.05) is 23.7 Å². The van der Waals surface area contributed by atoms with Crippen LogP contribution in [0.3, 0.4) is 0 Å². The number of nitrogens with zero attached hydrogens (tertiary/aromatic N) is 4. The van der Waals surface area contributed by atoms with Crippen molar-refractivity contribution in [3.05, 3.63) is 76.4 Å². The van der Waals surface area contributed by atoms with Crippen LogP contribution in [0.15, 0.2) is 42.7 Å². The summed E-state index contributed by atoms with van der Waals surface area (Å²) < 4.78 is 77.0. The number of aryl methyl sites for hydroxylation is 1. The van der Waals surface area contributed by atoms with Crippen molar-refractivity contribution in [1.82, 2.24) is 20.1 Å². The average molecular weight is 576 g/mol. The van der Waals surface area contributed by atoms with E-state index in [1.165, 1.54) is 11.0 Å². The summed E-state index contributed by atoms with van der Waals surface area (Å²) in [4.78, 5) is 14.9. The van der Waals surface area contributed by atoms with E-state index < -0.39 is 40.9 Å². The van der Waals surface area contributed by atoms with Crippen LogP contribution in [0.5, 0.6) is 0 Å². The second kappa shape index (κ2) is 9.59.